The van der Waals surface area contributed by atoms with Crippen LogP contribution in [0, 0.1) is 0 Å². The van der Waals surface area contributed by atoms with E-state index in [1.807, 2.05) is 18.2 Å². The fraction of sp³-hybridized carbons (Fsp3) is 0.111. The van der Waals surface area contributed by atoms with E-state index in [-0.39, 0.29) is 6.42 Å². The molecular formula is C9H6BrNO2S. The number of carboxylic acid groups (broad SMARTS) is 1. The lowest BCUT2D eigenvalue weighted by Crippen LogP contribution is -2.00. The summed E-state index contributed by atoms with van der Waals surface area (Å²) >= 11 is 4.68. The molecule has 1 aromatic carbocycles. The Hall–Kier alpha value is -0.940. The Balaban J connectivity index is 2.55. The Labute approximate surface area is 92.7 Å². The summed E-state index contributed by atoms with van der Waals surface area (Å²) in [6.45, 7) is 0. The molecule has 1 aromatic heterocycles. The van der Waals surface area contributed by atoms with Crippen LogP contribution in [0.3, 0.4) is 0 Å². The van der Waals surface area contributed by atoms with Crippen LogP contribution in [0.4, 0.5) is 0 Å². The van der Waals surface area contributed by atoms with Crippen molar-refractivity contribution in [2.75, 3.05) is 0 Å². The van der Waals surface area contributed by atoms with Gasteiger partial charge in [0.1, 0.15) is 0 Å². The van der Waals surface area contributed by atoms with Gasteiger partial charge in [-0.05, 0) is 29.7 Å². The number of hydrogen-bond donors (Lipinski definition) is 1. The van der Waals surface area contributed by atoms with Crippen molar-refractivity contribution in [3.05, 3.63) is 28.4 Å². The van der Waals surface area contributed by atoms with E-state index in [9.17, 15) is 4.79 Å². The zero-order valence-electron chi connectivity index (χ0n) is 7.03. The van der Waals surface area contributed by atoms with Crippen LogP contribution < -0.4 is 0 Å². The minimum Gasteiger partial charge on any atom is -0.481 e. The number of aromatic nitrogens is 1. The average Bonchev–Trinajstić information content (AvgIpc) is 2.47. The molecule has 0 amide bonds. The van der Waals surface area contributed by atoms with Gasteiger partial charge in [0.2, 0.25) is 0 Å². The molecule has 0 unspecified atom stereocenters. The summed E-state index contributed by atoms with van der Waals surface area (Å²) in [5.74, 6) is -0.850. The van der Waals surface area contributed by atoms with Gasteiger partial charge in [0.05, 0.1) is 16.8 Å². The smallest absolute Gasteiger partial charge is 0.309 e. The number of fused-ring (bicyclic) bond motifs is 1. The lowest BCUT2D eigenvalue weighted by Gasteiger charge is -1.93. The van der Waals surface area contributed by atoms with Crippen LogP contribution in [0.5, 0.6) is 0 Å². The van der Waals surface area contributed by atoms with Crippen molar-refractivity contribution >= 4 is 43.5 Å². The zero-order chi connectivity index (χ0) is 10.1. The molecule has 72 valence electrons. The highest BCUT2D eigenvalue weighted by atomic mass is 79.9. The molecule has 5 heteroatoms. The number of halogens is 1. The highest BCUT2D eigenvalue weighted by molar-refractivity contribution is 9.10. The predicted molar refractivity (Wildman–Crippen MR) is 58.7 cm³/mol. The third-order valence-corrected chi connectivity index (χ3v) is 3.18. The minimum absolute atomic E-state index is 0.0174. The molecule has 14 heavy (non-hydrogen) atoms. The van der Waals surface area contributed by atoms with E-state index in [0.29, 0.717) is 5.69 Å². The predicted octanol–water partition coefficient (Wildman–Crippen LogP) is 2.69. The molecule has 1 N–H and O–H groups in total. The molecule has 0 fully saturated rings. The second-order valence-corrected chi connectivity index (χ2v) is 4.56. The van der Waals surface area contributed by atoms with Crippen LogP contribution in [-0.2, 0) is 11.2 Å². The molecule has 0 aliphatic carbocycles. The van der Waals surface area contributed by atoms with E-state index in [4.69, 9.17) is 5.11 Å². The molecule has 3 nitrogen and oxygen atoms in total. The topological polar surface area (TPSA) is 50.2 Å². The molecule has 0 bridgehead atoms. The molecule has 0 radical (unpaired) electrons. The van der Waals surface area contributed by atoms with Gasteiger partial charge in [-0.2, -0.15) is 4.37 Å². The van der Waals surface area contributed by atoms with Crippen LogP contribution in [0.2, 0.25) is 0 Å². The Morgan fingerprint density at radius 2 is 2.36 bits per heavy atom. The van der Waals surface area contributed by atoms with E-state index in [1.165, 1.54) is 11.5 Å². The van der Waals surface area contributed by atoms with Gasteiger partial charge < -0.3 is 5.11 Å². The molecule has 1 heterocycles. The second-order valence-electron chi connectivity index (χ2n) is 2.84. The first-order chi connectivity index (χ1) is 6.66. The summed E-state index contributed by atoms with van der Waals surface area (Å²) in [4.78, 5) is 10.5. The van der Waals surface area contributed by atoms with Crippen molar-refractivity contribution in [2.24, 2.45) is 0 Å². The fourth-order valence-electron chi connectivity index (χ4n) is 1.23. The van der Waals surface area contributed by atoms with Crippen molar-refractivity contribution < 1.29 is 9.90 Å². The van der Waals surface area contributed by atoms with Crippen molar-refractivity contribution in [1.29, 1.82) is 0 Å². The van der Waals surface area contributed by atoms with Crippen molar-refractivity contribution in [1.82, 2.24) is 4.37 Å². The molecule has 2 aromatic rings. The zero-order valence-corrected chi connectivity index (χ0v) is 9.43. The van der Waals surface area contributed by atoms with Crippen LogP contribution >= 0.6 is 27.5 Å². The number of carboxylic acids is 1. The Kier molecular flexibility index (Phi) is 2.52. The molecule has 2 rings (SSSR count). The van der Waals surface area contributed by atoms with E-state index in [1.54, 1.807) is 0 Å². The monoisotopic (exact) mass is 271 g/mol. The number of carbonyl (C=O) groups is 1. The summed E-state index contributed by atoms with van der Waals surface area (Å²) in [6, 6.07) is 5.75. The number of hydrogen-bond acceptors (Lipinski definition) is 3. The van der Waals surface area contributed by atoms with Crippen molar-refractivity contribution in [3.63, 3.8) is 0 Å². The molecule has 0 aliphatic rings. The number of benzene rings is 1. The van der Waals surface area contributed by atoms with Crippen molar-refractivity contribution in [2.45, 2.75) is 6.42 Å². The SMILES string of the molecule is O=C(O)Cc1nsc2ccc(Br)cc12. The first kappa shape index (κ1) is 9.61. The quantitative estimate of drug-likeness (QED) is 0.914. The Morgan fingerprint density at radius 3 is 3.07 bits per heavy atom. The number of aliphatic carboxylic acids is 1. The minimum atomic E-state index is -0.850. The van der Waals surface area contributed by atoms with Crippen molar-refractivity contribution in [3.8, 4) is 0 Å². The molecule has 0 atom stereocenters. The van der Waals surface area contributed by atoms with Gasteiger partial charge in [0, 0.05) is 9.86 Å². The maximum Gasteiger partial charge on any atom is 0.309 e. The number of rotatable bonds is 2. The summed E-state index contributed by atoms with van der Waals surface area (Å²) in [6.07, 6.45) is -0.0174. The van der Waals surface area contributed by atoms with Gasteiger partial charge in [0.25, 0.3) is 0 Å². The maximum atomic E-state index is 10.5. The summed E-state index contributed by atoms with van der Waals surface area (Å²) in [5, 5.41) is 9.59. The second kappa shape index (κ2) is 3.67. The van der Waals surface area contributed by atoms with Gasteiger partial charge in [-0.15, -0.1) is 0 Å². The van der Waals surface area contributed by atoms with Gasteiger partial charge in [-0.1, -0.05) is 15.9 Å². The fourth-order valence-corrected chi connectivity index (χ4v) is 2.37. The largest absolute Gasteiger partial charge is 0.481 e. The first-order valence-electron chi connectivity index (χ1n) is 3.92. The van der Waals surface area contributed by atoms with Crippen LogP contribution in [0.25, 0.3) is 10.1 Å². The molecule has 0 saturated heterocycles. The standard InChI is InChI=1S/C9H6BrNO2S/c10-5-1-2-8-6(3-5)7(11-14-8)4-9(12)13/h1-3H,4H2,(H,12,13). The summed E-state index contributed by atoms with van der Waals surface area (Å²) < 4.78 is 6.08. The van der Waals surface area contributed by atoms with Gasteiger partial charge >= 0.3 is 5.97 Å². The van der Waals surface area contributed by atoms with E-state index in [0.717, 1.165) is 14.6 Å². The number of nitrogens with zero attached hydrogens (tertiary/aromatic N) is 1. The van der Waals surface area contributed by atoms with E-state index < -0.39 is 5.97 Å². The maximum absolute atomic E-state index is 10.5. The molecule has 0 aliphatic heterocycles. The summed E-state index contributed by atoms with van der Waals surface area (Å²) in [5.41, 5.74) is 0.638. The Morgan fingerprint density at radius 1 is 1.57 bits per heavy atom. The lowest BCUT2D eigenvalue weighted by molar-refractivity contribution is -0.136. The Bertz CT molecular complexity index is 495. The molecule has 0 spiro atoms. The first-order valence-corrected chi connectivity index (χ1v) is 5.49. The summed E-state index contributed by atoms with van der Waals surface area (Å²) in [7, 11) is 0. The van der Waals surface area contributed by atoms with E-state index >= 15 is 0 Å². The van der Waals surface area contributed by atoms with Gasteiger partial charge in [-0.3, -0.25) is 4.79 Å². The highest BCUT2D eigenvalue weighted by Crippen LogP contribution is 2.26. The lowest BCUT2D eigenvalue weighted by atomic mass is 10.2. The van der Waals surface area contributed by atoms with Crippen LogP contribution in [0.15, 0.2) is 22.7 Å². The van der Waals surface area contributed by atoms with Gasteiger partial charge in [0.15, 0.2) is 0 Å². The highest BCUT2D eigenvalue weighted by Gasteiger charge is 2.09. The average molecular weight is 272 g/mol. The van der Waals surface area contributed by atoms with Crippen LogP contribution in [0.1, 0.15) is 5.69 Å². The van der Waals surface area contributed by atoms with Gasteiger partial charge in [-0.25, -0.2) is 0 Å². The molecule has 0 saturated carbocycles. The normalized spacial score (nSPS) is 10.6. The van der Waals surface area contributed by atoms with E-state index in [2.05, 4.69) is 20.3 Å². The third kappa shape index (κ3) is 1.78. The third-order valence-electron chi connectivity index (χ3n) is 1.83. The molecular weight excluding hydrogens is 266 g/mol. The van der Waals surface area contributed by atoms with Crippen LogP contribution in [-0.4, -0.2) is 15.4 Å².